The Balaban J connectivity index is 2.37. The molecule has 0 saturated heterocycles. The number of aryl methyl sites for hydroxylation is 1. The van der Waals surface area contributed by atoms with Crippen LogP contribution in [-0.4, -0.2) is 44.1 Å². The summed E-state index contributed by atoms with van der Waals surface area (Å²) in [7, 11) is 3.94. The Labute approximate surface area is 109 Å². The van der Waals surface area contributed by atoms with Gasteiger partial charge in [0.1, 0.15) is 5.75 Å². The highest BCUT2D eigenvalue weighted by atomic mass is 16.5. The lowest BCUT2D eigenvalue weighted by molar-refractivity contribution is -0.127. The van der Waals surface area contributed by atoms with E-state index >= 15 is 0 Å². The van der Waals surface area contributed by atoms with E-state index in [2.05, 4.69) is 5.32 Å². The molecule has 1 N–H and O–H groups in total. The van der Waals surface area contributed by atoms with Crippen molar-refractivity contribution in [1.29, 1.82) is 0 Å². The first kappa shape index (κ1) is 14.5. The van der Waals surface area contributed by atoms with Gasteiger partial charge in [-0.3, -0.25) is 4.79 Å². The maximum absolute atomic E-state index is 11.7. The molecule has 0 aromatic heterocycles. The molecule has 0 aliphatic rings. The van der Waals surface area contributed by atoms with Crippen LogP contribution in [0.1, 0.15) is 12.5 Å². The van der Waals surface area contributed by atoms with Crippen molar-refractivity contribution in [1.82, 2.24) is 10.2 Å². The highest BCUT2D eigenvalue weighted by Gasteiger charge is 2.13. The second kappa shape index (κ2) is 7.01. The highest BCUT2D eigenvalue weighted by Crippen LogP contribution is 2.13. The third-order valence-electron chi connectivity index (χ3n) is 2.56. The Bertz CT molecular complexity index is 374. The summed E-state index contributed by atoms with van der Waals surface area (Å²) < 4.78 is 5.56. The molecule has 18 heavy (non-hydrogen) atoms. The molecule has 0 bridgehead atoms. The Morgan fingerprint density at radius 1 is 1.33 bits per heavy atom. The molecule has 1 atom stereocenters. The molecule has 0 aliphatic carbocycles. The van der Waals surface area contributed by atoms with E-state index in [0.29, 0.717) is 6.54 Å². The van der Waals surface area contributed by atoms with Crippen LogP contribution < -0.4 is 10.1 Å². The highest BCUT2D eigenvalue weighted by molar-refractivity contribution is 5.80. The molecule has 1 unspecified atom stereocenters. The third kappa shape index (κ3) is 5.19. The van der Waals surface area contributed by atoms with Gasteiger partial charge >= 0.3 is 0 Å². The monoisotopic (exact) mass is 250 g/mol. The summed E-state index contributed by atoms with van der Waals surface area (Å²) in [5.41, 5.74) is 1.17. The Morgan fingerprint density at radius 3 is 2.50 bits per heavy atom. The normalized spacial score (nSPS) is 12.3. The number of nitrogens with zero attached hydrogens (tertiary/aromatic N) is 1. The number of nitrogens with one attached hydrogen (secondary N) is 1. The van der Waals surface area contributed by atoms with Crippen molar-refractivity contribution in [3.05, 3.63) is 29.8 Å². The van der Waals surface area contributed by atoms with Gasteiger partial charge in [0.25, 0.3) is 5.91 Å². The van der Waals surface area contributed by atoms with Gasteiger partial charge in [-0.2, -0.15) is 0 Å². The van der Waals surface area contributed by atoms with Crippen molar-refractivity contribution >= 4 is 5.91 Å². The quantitative estimate of drug-likeness (QED) is 0.830. The van der Waals surface area contributed by atoms with E-state index in [1.807, 2.05) is 50.2 Å². The predicted octanol–water partition coefficient (Wildman–Crippen LogP) is 1.44. The largest absolute Gasteiger partial charge is 0.481 e. The summed E-state index contributed by atoms with van der Waals surface area (Å²) in [6.07, 6.45) is -0.477. The van der Waals surface area contributed by atoms with Gasteiger partial charge in [-0.25, -0.2) is 0 Å². The van der Waals surface area contributed by atoms with Crippen LogP contribution in [0.3, 0.4) is 0 Å². The number of hydrogen-bond donors (Lipinski definition) is 1. The molecule has 0 fully saturated rings. The van der Waals surface area contributed by atoms with Crippen LogP contribution in [0.25, 0.3) is 0 Å². The average Bonchev–Trinajstić information content (AvgIpc) is 2.31. The van der Waals surface area contributed by atoms with Crippen LogP contribution in [-0.2, 0) is 4.79 Å². The summed E-state index contributed by atoms with van der Waals surface area (Å²) in [4.78, 5) is 13.8. The van der Waals surface area contributed by atoms with Crippen molar-refractivity contribution in [2.24, 2.45) is 0 Å². The lowest BCUT2D eigenvalue weighted by Gasteiger charge is -2.16. The summed E-state index contributed by atoms with van der Waals surface area (Å²) >= 11 is 0. The van der Waals surface area contributed by atoms with E-state index in [9.17, 15) is 4.79 Å². The number of carbonyl (C=O) groups excluding carboxylic acids is 1. The van der Waals surface area contributed by atoms with Gasteiger partial charge in [-0.15, -0.1) is 0 Å². The van der Waals surface area contributed by atoms with Gasteiger partial charge in [0.2, 0.25) is 0 Å². The van der Waals surface area contributed by atoms with Gasteiger partial charge in [-0.05, 0) is 40.1 Å². The molecule has 0 spiro atoms. The third-order valence-corrected chi connectivity index (χ3v) is 2.56. The van der Waals surface area contributed by atoms with Crippen LogP contribution >= 0.6 is 0 Å². The molecule has 0 saturated carbocycles. The molecule has 100 valence electrons. The zero-order valence-electron chi connectivity index (χ0n) is 11.6. The number of ether oxygens (including phenoxy) is 1. The minimum atomic E-state index is -0.477. The lowest BCUT2D eigenvalue weighted by Crippen LogP contribution is -2.39. The minimum Gasteiger partial charge on any atom is -0.481 e. The molecule has 1 amide bonds. The standard InChI is InChI=1S/C14H22N2O2/c1-11-5-7-13(8-6-11)18-12(2)14(17)15-9-10-16(3)4/h5-8,12H,9-10H2,1-4H3,(H,15,17). The average molecular weight is 250 g/mol. The molecular weight excluding hydrogens is 228 g/mol. The van der Waals surface area contributed by atoms with E-state index in [1.54, 1.807) is 6.92 Å². The summed E-state index contributed by atoms with van der Waals surface area (Å²) in [6.45, 7) is 5.22. The van der Waals surface area contributed by atoms with Gasteiger partial charge in [0, 0.05) is 13.1 Å². The number of hydrogen-bond acceptors (Lipinski definition) is 3. The van der Waals surface area contributed by atoms with Gasteiger partial charge in [0.05, 0.1) is 0 Å². The van der Waals surface area contributed by atoms with Gasteiger partial charge in [0.15, 0.2) is 6.10 Å². The van der Waals surface area contributed by atoms with Crippen molar-refractivity contribution < 1.29 is 9.53 Å². The second-order valence-electron chi connectivity index (χ2n) is 4.67. The fourth-order valence-corrected chi connectivity index (χ4v) is 1.42. The van der Waals surface area contributed by atoms with E-state index in [-0.39, 0.29) is 5.91 Å². The topological polar surface area (TPSA) is 41.6 Å². The molecular formula is C14H22N2O2. The number of carbonyl (C=O) groups is 1. The van der Waals surface area contributed by atoms with E-state index in [1.165, 1.54) is 5.56 Å². The smallest absolute Gasteiger partial charge is 0.260 e. The number of rotatable bonds is 6. The maximum Gasteiger partial charge on any atom is 0.260 e. The Kier molecular flexibility index (Phi) is 5.65. The van der Waals surface area contributed by atoms with Crippen LogP contribution in [0, 0.1) is 6.92 Å². The van der Waals surface area contributed by atoms with Crippen LogP contribution in [0.4, 0.5) is 0 Å². The fourth-order valence-electron chi connectivity index (χ4n) is 1.42. The van der Waals surface area contributed by atoms with Gasteiger partial charge < -0.3 is 15.0 Å². The first-order valence-electron chi connectivity index (χ1n) is 6.15. The molecule has 0 heterocycles. The molecule has 1 aromatic rings. The number of amides is 1. The molecule has 0 radical (unpaired) electrons. The van der Waals surface area contributed by atoms with Crippen LogP contribution in [0.15, 0.2) is 24.3 Å². The maximum atomic E-state index is 11.7. The van der Waals surface area contributed by atoms with Crippen molar-refractivity contribution in [2.45, 2.75) is 20.0 Å². The minimum absolute atomic E-state index is 0.0857. The first-order chi connectivity index (χ1) is 8.49. The van der Waals surface area contributed by atoms with E-state index < -0.39 is 6.10 Å². The van der Waals surface area contributed by atoms with Gasteiger partial charge in [-0.1, -0.05) is 17.7 Å². The summed E-state index contributed by atoms with van der Waals surface area (Å²) in [6, 6.07) is 7.68. The van der Waals surface area contributed by atoms with Crippen molar-refractivity contribution in [3.63, 3.8) is 0 Å². The summed E-state index contributed by atoms with van der Waals surface area (Å²) in [5, 5.41) is 2.84. The van der Waals surface area contributed by atoms with E-state index in [4.69, 9.17) is 4.74 Å². The van der Waals surface area contributed by atoms with Crippen LogP contribution in [0.5, 0.6) is 5.75 Å². The number of benzene rings is 1. The van der Waals surface area contributed by atoms with Crippen molar-refractivity contribution in [3.8, 4) is 5.75 Å². The zero-order valence-corrected chi connectivity index (χ0v) is 11.6. The number of likely N-dealkylation sites (N-methyl/N-ethyl adjacent to an activating group) is 1. The molecule has 4 heteroatoms. The van der Waals surface area contributed by atoms with Crippen molar-refractivity contribution in [2.75, 3.05) is 27.2 Å². The zero-order chi connectivity index (χ0) is 13.5. The Hall–Kier alpha value is -1.55. The first-order valence-corrected chi connectivity index (χ1v) is 6.15. The Morgan fingerprint density at radius 2 is 1.94 bits per heavy atom. The fraction of sp³-hybridized carbons (Fsp3) is 0.500. The molecule has 4 nitrogen and oxygen atoms in total. The molecule has 1 aromatic carbocycles. The molecule has 0 aliphatic heterocycles. The predicted molar refractivity (Wildman–Crippen MR) is 72.8 cm³/mol. The SMILES string of the molecule is Cc1ccc(OC(C)C(=O)NCCN(C)C)cc1. The second-order valence-corrected chi connectivity index (χ2v) is 4.67. The molecule has 1 rings (SSSR count). The lowest BCUT2D eigenvalue weighted by atomic mass is 10.2. The van der Waals surface area contributed by atoms with E-state index in [0.717, 1.165) is 12.3 Å². The van der Waals surface area contributed by atoms with Crippen LogP contribution in [0.2, 0.25) is 0 Å². The summed E-state index contributed by atoms with van der Waals surface area (Å²) in [5.74, 6) is 0.633.